The zero-order valence-electron chi connectivity index (χ0n) is 53.0. The van der Waals surface area contributed by atoms with E-state index in [1.54, 1.807) is 86.1 Å². The monoisotopic (exact) mass is 1230 g/mol. The Morgan fingerprint density at radius 1 is 0.929 bits per heavy atom. The molecule has 3 aliphatic rings. The third-order valence-corrected chi connectivity index (χ3v) is 17.6. The summed E-state index contributed by atoms with van der Waals surface area (Å²) in [5.74, 6) is -4.45. The standard InChI is InChI=1S/C60H101N4O20P/c1-32(25-47(61)66)21-19-22-33(2)34(3)26-35(4)48(67)38(7)43(65)28-45(75-15)52-55(84-85(71,72)73)59(10,11)60(83-52)29-46(81-58-54(78-18)53(77-17)51(76-16)40(9)80-58)39(8)44(82-60)24-20-23-41-30-79-57(63-41)36(5)27-37(6)62-56(70)50(69)49(68)42(31-74-14)64(12)13/h19-23,25-26,30,35-40,42-46,48-55,58,65,67-69H,24,27-29,31H2,1-18H3,(H2,61,66)(H,62,70)(H2,71,72,73)/b21-19+,23-20+,32-25+,33-22+,34-26+/t35-,36+,37-,38+,39-,40+,42+,43+,44-,45+,46+,48-,49+,50+,51+,52-,53-,54-,55+,58+,60+/m1/s1. The molecule has 25 heteroatoms. The van der Waals surface area contributed by atoms with Crippen LogP contribution in [0.2, 0.25) is 0 Å². The van der Waals surface area contributed by atoms with Gasteiger partial charge in [0.2, 0.25) is 5.91 Å². The van der Waals surface area contributed by atoms with Crippen molar-refractivity contribution >= 4 is 25.7 Å². The summed E-state index contributed by atoms with van der Waals surface area (Å²) in [5, 5.41) is 47.9. The molecule has 9 N–H and O–H groups in total. The molecule has 0 bridgehead atoms. The number of amides is 2. The van der Waals surface area contributed by atoms with Crippen LogP contribution in [0.3, 0.4) is 0 Å². The number of carbonyl (C=O) groups is 2. The van der Waals surface area contributed by atoms with Crippen LogP contribution >= 0.6 is 7.82 Å². The summed E-state index contributed by atoms with van der Waals surface area (Å²) in [6, 6.07) is -1.06. The number of nitrogens with two attached hydrogens (primary N) is 1. The van der Waals surface area contributed by atoms with Gasteiger partial charge in [-0.2, -0.15) is 0 Å². The summed E-state index contributed by atoms with van der Waals surface area (Å²) in [7, 11) is 5.66. The van der Waals surface area contributed by atoms with E-state index in [9.17, 15) is 44.4 Å². The molecule has 0 saturated carbocycles. The van der Waals surface area contributed by atoms with Crippen molar-refractivity contribution in [1.82, 2.24) is 15.2 Å². The number of hydrogen-bond donors (Lipinski definition) is 8. The van der Waals surface area contributed by atoms with E-state index >= 15 is 0 Å². The number of hydrogen-bond acceptors (Lipinski definition) is 20. The molecule has 486 valence electrons. The Morgan fingerprint density at radius 2 is 1.58 bits per heavy atom. The van der Waals surface area contributed by atoms with E-state index in [4.69, 9.17) is 62.3 Å². The second kappa shape index (κ2) is 32.8. The Labute approximate surface area is 502 Å². The van der Waals surface area contributed by atoms with E-state index in [0.717, 1.165) is 11.1 Å². The first-order valence-electron chi connectivity index (χ1n) is 29.0. The molecule has 3 saturated heterocycles. The van der Waals surface area contributed by atoms with Crippen molar-refractivity contribution in [1.29, 1.82) is 0 Å². The van der Waals surface area contributed by atoms with E-state index < -0.39 is 146 Å². The molecule has 0 aliphatic carbocycles. The van der Waals surface area contributed by atoms with E-state index in [1.807, 2.05) is 59.8 Å². The van der Waals surface area contributed by atoms with Gasteiger partial charge in [-0.05, 0) is 78.8 Å². The number of phosphoric ester groups is 1. The molecule has 1 spiro atoms. The fourth-order valence-corrected chi connectivity index (χ4v) is 12.4. The lowest BCUT2D eigenvalue weighted by Crippen LogP contribution is -2.62. The van der Waals surface area contributed by atoms with Crippen molar-refractivity contribution < 1.29 is 95.9 Å². The van der Waals surface area contributed by atoms with Crippen LogP contribution in [-0.4, -0.2) is 212 Å². The number of ether oxygens (including phenoxy) is 9. The van der Waals surface area contributed by atoms with Gasteiger partial charge in [-0.15, -0.1) is 0 Å². The maximum Gasteiger partial charge on any atom is 0.469 e. The van der Waals surface area contributed by atoms with Crippen molar-refractivity contribution in [2.24, 2.45) is 28.9 Å². The van der Waals surface area contributed by atoms with Gasteiger partial charge in [-0.1, -0.05) is 77.5 Å². The number of methoxy groups -OCH3 is 5. The Hall–Kier alpha value is -3.60. The maximum atomic E-state index is 13.0. The molecule has 1 aromatic rings. The van der Waals surface area contributed by atoms with Gasteiger partial charge in [0.15, 0.2) is 24.1 Å². The van der Waals surface area contributed by atoms with Gasteiger partial charge in [-0.25, -0.2) is 9.55 Å². The maximum absolute atomic E-state index is 13.0. The van der Waals surface area contributed by atoms with Crippen molar-refractivity contribution in [3.8, 4) is 0 Å². The molecular weight excluding hydrogens is 1130 g/mol. The Balaban J connectivity index is 1.65. The summed E-state index contributed by atoms with van der Waals surface area (Å²) in [5.41, 5.74) is 6.83. The number of nitrogens with one attached hydrogen (secondary N) is 1. The lowest BCUT2D eigenvalue weighted by molar-refractivity contribution is -0.366. The fourth-order valence-electron chi connectivity index (χ4n) is 11.7. The van der Waals surface area contributed by atoms with E-state index in [-0.39, 0.29) is 31.8 Å². The van der Waals surface area contributed by atoms with Crippen LogP contribution in [0.25, 0.3) is 6.08 Å². The highest BCUT2D eigenvalue weighted by molar-refractivity contribution is 7.46. The summed E-state index contributed by atoms with van der Waals surface area (Å²) < 4.78 is 81.1. The predicted molar refractivity (Wildman–Crippen MR) is 316 cm³/mol. The second-order valence-corrected chi connectivity index (χ2v) is 25.3. The van der Waals surface area contributed by atoms with Crippen LogP contribution in [0, 0.1) is 23.2 Å². The van der Waals surface area contributed by atoms with Crippen LogP contribution < -0.4 is 11.1 Å². The van der Waals surface area contributed by atoms with Gasteiger partial charge in [-0.3, -0.25) is 14.1 Å². The smallest absolute Gasteiger partial charge is 0.448 e. The first kappa shape index (κ1) is 73.9. The van der Waals surface area contributed by atoms with Crippen molar-refractivity contribution in [2.45, 2.75) is 211 Å². The number of phosphoric acid groups is 1. The number of nitrogens with zero attached hydrogens (tertiary/aromatic N) is 2. The molecule has 4 heterocycles. The highest BCUT2D eigenvalue weighted by Crippen LogP contribution is 2.59. The SMILES string of the molecule is COC[C@@H]([C@H](O)[C@H](O)C(=O)N[C@H](C)C[C@H](C)c1nc(/C=C/C[C@H]2O[C@@]3(C[C@H](O[C@@H]4O[C@@H](C)[C@H](OC)[C@@H](OC)[C@H]4OC)[C@@H]2C)O[C@H]([C@H](C[C@H](O)[C@H](C)[C@H](O)[C@H](C)/C=C(C)/C(C)=C/C=C/C(C)=C/C(N)=O)OC)[C@H](OP(=O)(O)O)C3(C)C)co1)N(C)C. The summed E-state index contributed by atoms with van der Waals surface area (Å²) in [6.45, 7) is 20.1. The highest BCUT2D eigenvalue weighted by atomic mass is 31.2. The average Bonchev–Trinajstić information content (AvgIpc) is 1.76. The summed E-state index contributed by atoms with van der Waals surface area (Å²) >= 11 is 0. The zero-order chi connectivity index (χ0) is 64.1. The van der Waals surface area contributed by atoms with Gasteiger partial charge < -0.3 is 93.2 Å². The number of carbonyl (C=O) groups excluding carboxylic acids is 2. The molecule has 0 radical (unpaired) electrons. The van der Waals surface area contributed by atoms with Crippen LogP contribution in [0.5, 0.6) is 0 Å². The number of aliphatic hydroxyl groups is 4. The number of aliphatic hydroxyl groups excluding tert-OH is 4. The van der Waals surface area contributed by atoms with Crippen LogP contribution in [-0.2, 0) is 61.3 Å². The molecule has 24 nitrogen and oxygen atoms in total. The lowest BCUT2D eigenvalue weighted by Gasteiger charge is -2.52. The number of aromatic nitrogens is 1. The molecule has 0 aromatic carbocycles. The fraction of sp³-hybridized carbons (Fsp3) is 0.750. The molecule has 0 unspecified atom stereocenters. The minimum atomic E-state index is -5.26. The van der Waals surface area contributed by atoms with Crippen molar-refractivity contribution in [3.05, 3.63) is 71.0 Å². The number of allylic oxidation sites excluding steroid dienone is 6. The third-order valence-electron chi connectivity index (χ3n) is 17.1. The summed E-state index contributed by atoms with van der Waals surface area (Å²) in [6.07, 6.45) is 0.312. The molecule has 4 rings (SSSR count). The third kappa shape index (κ3) is 19.4. The largest absolute Gasteiger partial charge is 0.469 e. The minimum absolute atomic E-state index is 0.00700. The Bertz CT molecular complexity index is 2480. The van der Waals surface area contributed by atoms with Crippen LogP contribution in [0.1, 0.15) is 119 Å². The number of primary amides is 1. The van der Waals surface area contributed by atoms with E-state index in [0.29, 0.717) is 23.6 Å². The number of likely N-dealkylation sites (N-methyl/N-ethyl adjacent to an activating group) is 1. The lowest BCUT2D eigenvalue weighted by atomic mass is 9.72. The Morgan fingerprint density at radius 3 is 2.15 bits per heavy atom. The topological polar surface area (TPSA) is 332 Å². The molecule has 3 fully saturated rings. The number of oxazole rings is 1. The molecular formula is C60H101N4O20P. The highest BCUT2D eigenvalue weighted by Gasteiger charge is 2.68. The first-order chi connectivity index (χ1) is 39.7. The molecule has 1 aromatic heterocycles. The zero-order valence-corrected chi connectivity index (χ0v) is 53.9. The molecule has 21 atom stereocenters. The van der Waals surface area contributed by atoms with Gasteiger partial charge in [0.25, 0.3) is 5.91 Å². The van der Waals surface area contributed by atoms with Crippen molar-refractivity contribution in [3.63, 3.8) is 0 Å². The molecule has 2 amide bonds. The van der Waals surface area contributed by atoms with Gasteiger partial charge >= 0.3 is 7.82 Å². The Kier molecular flexibility index (Phi) is 28.5. The minimum Gasteiger partial charge on any atom is -0.448 e. The van der Waals surface area contributed by atoms with Crippen molar-refractivity contribution in [2.75, 3.05) is 56.3 Å². The quantitative estimate of drug-likeness (QED) is 0.0271. The van der Waals surface area contributed by atoms with Crippen LogP contribution in [0.4, 0.5) is 0 Å². The van der Waals surface area contributed by atoms with Gasteiger partial charge in [0.05, 0.1) is 49.3 Å². The van der Waals surface area contributed by atoms with E-state index in [1.165, 1.54) is 33.7 Å². The summed E-state index contributed by atoms with van der Waals surface area (Å²) in [4.78, 5) is 51.7. The predicted octanol–water partition coefficient (Wildman–Crippen LogP) is 4.85. The number of rotatable bonds is 32. The normalized spacial score (nSPS) is 30.8. The average molecular weight is 1230 g/mol. The second-order valence-electron chi connectivity index (χ2n) is 24.1. The molecule has 85 heavy (non-hydrogen) atoms. The van der Waals surface area contributed by atoms with E-state index in [2.05, 4.69) is 5.32 Å². The van der Waals surface area contributed by atoms with Gasteiger partial charge in [0.1, 0.15) is 48.6 Å². The first-order valence-corrected chi connectivity index (χ1v) is 30.6. The van der Waals surface area contributed by atoms with Crippen LogP contribution in [0.15, 0.2) is 63.9 Å². The van der Waals surface area contributed by atoms with Gasteiger partial charge in [0, 0.05) is 89.6 Å². The molecule has 3 aliphatic heterocycles.